The molecule has 6 heteroatoms. The van der Waals surface area contributed by atoms with Gasteiger partial charge in [0.1, 0.15) is 0 Å². The Hall–Kier alpha value is -1.11. The Balaban J connectivity index is 2.10. The molecule has 0 amide bonds. The van der Waals surface area contributed by atoms with Gasteiger partial charge in [0.15, 0.2) is 9.84 Å². The average molecular weight is 284 g/mol. The second-order valence-corrected chi connectivity index (χ2v) is 7.17. The van der Waals surface area contributed by atoms with Gasteiger partial charge < -0.3 is 10.8 Å². The van der Waals surface area contributed by atoms with Gasteiger partial charge in [0.05, 0.1) is 23.7 Å². The van der Waals surface area contributed by atoms with Crippen LogP contribution >= 0.6 is 0 Å². The van der Waals surface area contributed by atoms with Crippen LogP contribution in [0.1, 0.15) is 12.5 Å². The van der Waals surface area contributed by atoms with Crippen molar-refractivity contribution in [2.75, 3.05) is 23.8 Å². The molecule has 3 N–H and O–H groups in total. The van der Waals surface area contributed by atoms with Crippen molar-refractivity contribution in [2.24, 2.45) is 0 Å². The van der Waals surface area contributed by atoms with Gasteiger partial charge in [-0.1, -0.05) is 19.1 Å². The van der Waals surface area contributed by atoms with E-state index in [9.17, 15) is 13.5 Å². The number of aliphatic hydroxyl groups is 1. The molecule has 1 heterocycles. The van der Waals surface area contributed by atoms with Crippen LogP contribution in [0.2, 0.25) is 0 Å². The number of benzene rings is 1. The van der Waals surface area contributed by atoms with Crippen LogP contribution in [0.15, 0.2) is 24.3 Å². The van der Waals surface area contributed by atoms with Gasteiger partial charge in [0.25, 0.3) is 0 Å². The number of sulfone groups is 1. The maximum absolute atomic E-state index is 11.6. The summed E-state index contributed by atoms with van der Waals surface area (Å²) < 4.78 is 23.1. The van der Waals surface area contributed by atoms with E-state index in [1.165, 1.54) is 0 Å². The predicted molar refractivity (Wildman–Crippen MR) is 75.4 cm³/mol. The number of hydrogen-bond donors (Lipinski definition) is 2. The second kappa shape index (κ2) is 5.48. The molecule has 1 saturated heterocycles. The van der Waals surface area contributed by atoms with Crippen molar-refractivity contribution in [1.82, 2.24) is 4.90 Å². The molecule has 0 bridgehead atoms. The number of likely N-dealkylation sites (N-methyl/N-ethyl adjacent to an activating group) is 1. The first kappa shape index (κ1) is 14.3. The molecule has 1 aromatic carbocycles. The van der Waals surface area contributed by atoms with Crippen LogP contribution in [0.5, 0.6) is 0 Å². The van der Waals surface area contributed by atoms with Crippen LogP contribution < -0.4 is 5.73 Å². The zero-order valence-electron chi connectivity index (χ0n) is 11.0. The molecule has 5 nitrogen and oxygen atoms in total. The minimum absolute atomic E-state index is 0.0387. The molecular formula is C13H20N2O3S. The Morgan fingerprint density at radius 2 is 1.95 bits per heavy atom. The number of rotatable bonds is 4. The minimum atomic E-state index is -3.11. The van der Waals surface area contributed by atoms with E-state index in [1.54, 1.807) is 0 Å². The fraction of sp³-hybridized carbons (Fsp3) is 0.538. The van der Waals surface area contributed by atoms with Crippen LogP contribution in [-0.2, 0) is 16.4 Å². The smallest absolute Gasteiger partial charge is 0.154 e. The molecule has 1 fully saturated rings. The van der Waals surface area contributed by atoms with Gasteiger partial charge in [0, 0.05) is 12.2 Å². The third-order valence-corrected chi connectivity index (χ3v) is 5.23. The van der Waals surface area contributed by atoms with Crippen molar-refractivity contribution < 1.29 is 13.5 Å². The number of aliphatic hydroxyl groups excluding tert-OH is 1. The Morgan fingerprint density at radius 1 is 1.32 bits per heavy atom. The van der Waals surface area contributed by atoms with E-state index in [0.717, 1.165) is 5.56 Å². The maximum Gasteiger partial charge on any atom is 0.154 e. The predicted octanol–water partition coefficient (Wildman–Crippen LogP) is 0.249. The van der Waals surface area contributed by atoms with Crippen molar-refractivity contribution in [2.45, 2.75) is 25.6 Å². The Labute approximate surface area is 113 Å². The highest BCUT2D eigenvalue weighted by Gasteiger charge is 2.39. The number of nitrogens with two attached hydrogens (primary N) is 1. The lowest BCUT2D eigenvalue weighted by molar-refractivity contribution is 0.0819. The third kappa shape index (κ3) is 3.46. The highest BCUT2D eigenvalue weighted by atomic mass is 32.2. The fourth-order valence-electron chi connectivity index (χ4n) is 2.48. The molecule has 0 unspecified atom stereocenters. The normalized spacial score (nSPS) is 25.8. The van der Waals surface area contributed by atoms with Crippen molar-refractivity contribution >= 4 is 15.5 Å². The lowest BCUT2D eigenvalue weighted by Gasteiger charge is -2.28. The first-order valence-electron chi connectivity index (χ1n) is 6.38. The molecule has 0 aliphatic carbocycles. The minimum Gasteiger partial charge on any atom is -0.399 e. The van der Waals surface area contributed by atoms with E-state index < -0.39 is 15.9 Å². The summed E-state index contributed by atoms with van der Waals surface area (Å²) in [5, 5.41) is 9.91. The molecule has 106 valence electrons. The molecule has 1 aliphatic heterocycles. The summed E-state index contributed by atoms with van der Waals surface area (Å²) in [6.45, 7) is 3.28. The quantitative estimate of drug-likeness (QED) is 0.774. The van der Waals surface area contributed by atoms with Gasteiger partial charge in [-0.25, -0.2) is 8.42 Å². The number of hydrogen-bond acceptors (Lipinski definition) is 5. The van der Waals surface area contributed by atoms with Gasteiger partial charge in [-0.2, -0.15) is 0 Å². The zero-order valence-corrected chi connectivity index (χ0v) is 11.8. The van der Waals surface area contributed by atoms with Gasteiger partial charge in [0.2, 0.25) is 0 Å². The van der Waals surface area contributed by atoms with Crippen LogP contribution in [0.25, 0.3) is 0 Å². The monoisotopic (exact) mass is 284 g/mol. The molecule has 2 atom stereocenters. The van der Waals surface area contributed by atoms with E-state index in [0.29, 0.717) is 18.8 Å². The second-order valence-electron chi connectivity index (χ2n) is 5.02. The molecule has 0 saturated carbocycles. The number of nitrogens with zero attached hydrogens (tertiary/aromatic N) is 1. The molecular weight excluding hydrogens is 264 g/mol. The van der Waals surface area contributed by atoms with Crippen molar-refractivity contribution in [3.05, 3.63) is 29.8 Å². The topological polar surface area (TPSA) is 83.6 Å². The fourth-order valence-corrected chi connectivity index (χ4v) is 4.31. The van der Waals surface area contributed by atoms with E-state index in [4.69, 9.17) is 5.73 Å². The number of nitrogen functional groups attached to an aromatic ring is 1. The highest BCUT2D eigenvalue weighted by Crippen LogP contribution is 2.20. The summed E-state index contributed by atoms with van der Waals surface area (Å²) in [6, 6.07) is 7.19. The van der Waals surface area contributed by atoms with Crippen LogP contribution in [0, 0.1) is 0 Å². The molecule has 0 aromatic heterocycles. The first-order chi connectivity index (χ1) is 8.91. The zero-order chi connectivity index (χ0) is 14.0. The lowest BCUT2D eigenvalue weighted by Crippen LogP contribution is -2.42. The average Bonchev–Trinajstić information content (AvgIpc) is 2.62. The molecule has 0 spiro atoms. The van der Waals surface area contributed by atoms with E-state index >= 15 is 0 Å². The Kier molecular flexibility index (Phi) is 4.13. The van der Waals surface area contributed by atoms with E-state index in [-0.39, 0.29) is 17.5 Å². The molecule has 1 aliphatic rings. The molecule has 19 heavy (non-hydrogen) atoms. The van der Waals surface area contributed by atoms with Crippen molar-refractivity contribution in [1.29, 1.82) is 0 Å². The van der Waals surface area contributed by atoms with Crippen molar-refractivity contribution in [3.63, 3.8) is 0 Å². The Morgan fingerprint density at radius 3 is 2.42 bits per heavy atom. The SMILES string of the molecule is CCN(Cc1ccc(N)cc1)[C@@H]1CS(=O)(=O)C[C@@H]1O. The summed E-state index contributed by atoms with van der Waals surface area (Å²) >= 11 is 0. The largest absolute Gasteiger partial charge is 0.399 e. The van der Waals surface area contributed by atoms with Gasteiger partial charge in [-0.3, -0.25) is 4.90 Å². The van der Waals surface area contributed by atoms with Gasteiger partial charge in [-0.15, -0.1) is 0 Å². The molecule has 1 aromatic rings. The van der Waals surface area contributed by atoms with Crippen LogP contribution in [0.4, 0.5) is 5.69 Å². The van der Waals surface area contributed by atoms with E-state index in [2.05, 4.69) is 0 Å². The standard InChI is InChI=1S/C13H20N2O3S/c1-2-15(7-10-3-5-11(14)6-4-10)12-8-19(17,18)9-13(12)16/h3-6,12-13,16H,2,7-9,14H2,1H3/t12-,13+/m1/s1. The molecule has 2 rings (SSSR count). The lowest BCUT2D eigenvalue weighted by atomic mass is 10.1. The summed E-state index contributed by atoms with van der Waals surface area (Å²) in [4.78, 5) is 2.00. The summed E-state index contributed by atoms with van der Waals surface area (Å²) in [6.07, 6.45) is -0.793. The first-order valence-corrected chi connectivity index (χ1v) is 8.20. The number of anilines is 1. The van der Waals surface area contributed by atoms with E-state index in [1.807, 2.05) is 36.1 Å². The van der Waals surface area contributed by atoms with Gasteiger partial charge in [-0.05, 0) is 24.2 Å². The summed E-state index contributed by atoms with van der Waals surface area (Å²) in [7, 11) is -3.11. The summed E-state index contributed by atoms with van der Waals surface area (Å²) in [5.74, 6) is -0.0904. The van der Waals surface area contributed by atoms with Gasteiger partial charge >= 0.3 is 0 Å². The Bertz CT molecular complexity index is 527. The highest BCUT2D eigenvalue weighted by molar-refractivity contribution is 7.91. The molecule has 0 radical (unpaired) electrons. The maximum atomic E-state index is 11.6. The van der Waals surface area contributed by atoms with Crippen molar-refractivity contribution in [3.8, 4) is 0 Å². The third-order valence-electron chi connectivity index (χ3n) is 3.53. The summed E-state index contributed by atoms with van der Waals surface area (Å²) in [5.41, 5.74) is 7.40. The van der Waals surface area contributed by atoms with Crippen LogP contribution in [-0.4, -0.2) is 48.6 Å². The van der Waals surface area contributed by atoms with Crippen LogP contribution in [0.3, 0.4) is 0 Å².